The quantitative estimate of drug-likeness (QED) is 0.186. The number of nitrogens with zero attached hydrogens (tertiary/aromatic N) is 3. The first-order valence-electron chi connectivity index (χ1n) is 12.9. The fourth-order valence-corrected chi connectivity index (χ4v) is 3.67. The minimum Gasteiger partial charge on any atom is -0.479 e. The average Bonchev–Trinajstić information content (AvgIpc) is 2.72. The number of carbonyl (C=O) groups is 2. The number of carbonyl (C=O) groups excluding carboxylic acids is 1. The number of hydrogen-bond donors (Lipinski definition) is 4. The van der Waals surface area contributed by atoms with Gasteiger partial charge in [0.1, 0.15) is 0 Å². The predicted octanol–water partition coefficient (Wildman–Crippen LogP) is 5.01. The molecule has 0 aromatic carbocycles. The molecular formula is C26H48N6O4. The molecule has 0 fully saturated rings. The zero-order valence-electron chi connectivity index (χ0n) is 23.0. The molecule has 3 atom stereocenters. The van der Waals surface area contributed by atoms with Crippen molar-refractivity contribution >= 4 is 29.8 Å². The number of anilines is 3. The van der Waals surface area contributed by atoms with Crippen LogP contribution in [-0.4, -0.2) is 38.1 Å². The van der Waals surface area contributed by atoms with Crippen LogP contribution in [0.4, 0.5) is 17.8 Å². The standard InChI is InChI=1S/C23H42O4.C3H6N6/c1-17(2)10-7-11-18(3)12-8-13-19(4)14-9-15-20(5)16-22(24)27-21(6)23(25)26;4-1-7-2(5)9-3(6)8-1/h16-19,21H,7-15H2,1-6H3,(H,25,26);(H6,4,5,6,7,8,9)/b20-16+;/t18-,19-,21?;/m1./s1. The smallest absolute Gasteiger partial charge is 0.344 e. The van der Waals surface area contributed by atoms with Gasteiger partial charge in [-0.3, -0.25) is 0 Å². The van der Waals surface area contributed by atoms with Gasteiger partial charge in [0.2, 0.25) is 17.8 Å². The Hall–Kier alpha value is -2.91. The Morgan fingerprint density at radius 2 is 1.22 bits per heavy atom. The molecule has 0 bridgehead atoms. The van der Waals surface area contributed by atoms with E-state index in [1.54, 1.807) is 0 Å². The molecule has 206 valence electrons. The van der Waals surface area contributed by atoms with Gasteiger partial charge in [0.25, 0.3) is 0 Å². The maximum Gasteiger partial charge on any atom is 0.344 e. The van der Waals surface area contributed by atoms with Crippen LogP contribution in [0.15, 0.2) is 11.6 Å². The second kappa shape index (κ2) is 18.4. The highest BCUT2D eigenvalue weighted by molar-refractivity contribution is 5.85. The van der Waals surface area contributed by atoms with Crippen molar-refractivity contribution in [3.8, 4) is 0 Å². The van der Waals surface area contributed by atoms with E-state index in [9.17, 15) is 9.59 Å². The fourth-order valence-electron chi connectivity index (χ4n) is 3.67. The van der Waals surface area contributed by atoms with Crippen LogP contribution in [0.2, 0.25) is 0 Å². The second-order valence-corrected chi connectivity index (χ2v) is 10.2. The van der Waals surface area contributed by atoms with Crippen LogP contribution in [0.3, 0.4) is 0 Å². The summed E-state index contributed by atoms with van der Waals surface area (Å²) in [5.41, 5.74) is 16.4. The van der Waals surface area contributed by atoms with Gasteiger partial charge in [-0.05, 0) is 44.4 Å². The summed E-state index contributed by atoms with van der Waals surface area (Å²) in [5.74, 6) is 0.788. The zero-order valence-corrected chi connectivity index (χ0v) is 23.0. The molecule has 10 nitrogen and oxygen atoms in total. The second-order valence-electron chi connectivity index (χ2n) is 10.2. The summed E-state index contributed by atoms with van der Waals surface area (Å²) in [5, 5.41) is 8.74. The van der Waals surface area contributed by atoms with Crippen molar-refractivity contribution in [2.75, 3.05) is 17.2 Å². The third-order valence-corrected chi connectivity index (χ3v) is 5.83. The number of aliphatic carboxylic acids is 1. The Bertz CT molecular complexity index is 765. The van der Waals surface area contributed by atoms with Gasteiger partial charge in [0, 0.05) is 6.08 Å². The Morgan fingerprint density at radius 3 is 1.64 bits per heavy atom. The number of hydrogen-bond acceptors (Lipinski definition) is 9. The summed E-state index contributed by atoms with van der Waals surface area (Å²) in [6.45, 7) is 12.5. The number of ether oxygens (including phenoxy) is 1. The number of rotatable bonds is 15. The van der Waals surface area contributed by atoms with E-state index in [4.69, 9.17) is 27.0 Å². The summed E-state index contributed by atoms with van der Waals surface area (Å²) in [6, 6.07) is 0. The summed E-state index contributed by atoms with van der Waals surface area (Å²) < 4.78 is 4.81. The van der Waals surface area contributed by atoms with Crippen molar-refractivity contribution in [2.45, 2.75) is 105 Å². The van der Waals surface area contributed by atoms with Gasteiger partial charge in [-0.2, -0.15) is 15.0 Å². The number of nitrogens with two attached hydrogens (primary N) is 3. The molecule has 1 unspecified atom stereocenters. The van der Waals surface area contributed by atoms with E-state index >= 15 is 0 Å². The molecule has 0 radical (unpaired) electrons. The monoisotopic (exact) mass is 508 g/mol. The largest absolute Gasteiger partial charge is 0.479 e. The first-order valence-corrected chi connectivity index (χ1v) is 12.9. The third-order valence-electron chi connectivity index (χ3n) is 5.83. The minimum atomic E-state index is -1.13. The lowest BCUT2D eigenvalue weighted by atomic mass is 9.91. The van der Waals surface area contributed by atoms with Gasteiger partial charge in [-0.1, -0.05) is 78.2 Å². The number of aromatic nitrogens is 3. The Kier molecular flexibility index (Phi) is 16.9. The lowest BCUT2D eigenvalue weighted by Gasteiger charge is -2.15. The van der Waals surface area contributed by atoms with E-state index in [1.165, 1.54) is 51.5 Å². The van der Waals surface area contributed by atoms with Crippen LogP contribution in [-0.2, 0) is 14.3 Å². The van der Waals surface area contributed by atoms with Gasteiger partial charge in [0.15, 0.2) is 6.10 Å². The molecule has 0 aliphatic rings. The molecule has 0 amide bonds. The highest BCUT2D eigenvalue weighted by Crippen LogP contribution is 2.22. The van der Waals surface area contributed by atoms with Gasteiger partial charge in [-0.15, -0.1) is 0 Å². The molecule has 0 aliphatic carbocycles. The summed E-state index contributed by atoms with van der Waals surface area (Å²) in [7, 11) is 0. The van der Waals surface area contributed by atoms with Gasteiger partial charge in [0.05, 0.1) is 0 Å². The SMILES string of the molecule is C/C(=C\C(=O)OC(C)C(=O)O)CCC[C@H](C)CCC[C@H](C)CCCC(C)C.Nc1nc(N)nc(N)n1. The zero-order chi connectivity index (χ0) is 27.7. The van der Waals surface area contributed by atoms with Crippen LogP contribution >= 0.6 is 0 Å². The van der Waals surface area contributed by atoms with E-state index in [0.717, 1.165) is 36.7 Å². The third kappa shape index (κ3) is 18.4. The number of nitrogen functional groups attached to an aromatic ring is 3. The molecule has 10 heteroatoms. The lowest BCUT2D eigenvalue weighted by Crippen LogP contribution is -2.22. The van der Waals surface area contributed by atoms with Crippen LogP contribution in [0.25, 0.3) is 0 Å². The van der Waals surface area contributed by atoms with Crippen LogP contribution in [0.5, 0.6) is 0 Å². The summed E-state index contributed by atoms with van der Waals surface area (Å²) in [4.78, 5) is 32.8. The van der Waals surface area contributed by atoms with Crippen molar-refractivity contribution in [1.82, 2.24) is 15.0 Å². The molecule has 0 saturated heterocycles. The van der Waals surface area contributed by atoms with E-state index in [0.29, 0.717) is 5.92 Å². The first kappa shape index (κ1) is 33.1. The van der Waals surface area contributed by atoms with Gasteiger partial charge in [-0.25, -0.2) is 9.59 Å². The number of allylic oxidation sites excluding steroid dienone is 1. The fraction of sp³-hybridized carbons (Fsp3) is 0.731. The predicted molar refractivity (Wildman–Crippen MR) is 145 cm³/mol. The summed E-state index contributed by atoms with van der Waals surface area (Å²) >= 11 is 0. The molecular weight excluding hydrogens is 460 g/mol. The highest BCUT2D eigenvalue weighted by atomic mass is 16.6. The van der Waals surface area contributed by atoms with Gasteiger partial charge < -0.3 is 27.0 Å². The first-order chi connectivity index (χ1) is 16.8. The lowest BCUT2D eigenvalue weighted by molar-refractivity contribution is -0.159. The Morgan fingerprint density at radius 1 is 0.806 bits per heavy atom. The molecule has 0 spiro atoms. The summed E-state index contributed by atoms with van der Waals surface area (Å²) in [6.07, 6.45) is 11.3. The van der Waals surface area contributed by atoms with Crippen molar-refractivity contribution in [2.24, 2.45) is 17.8 Å². The van der Waals surface area contributed by atoms with Crippen molar-refractivity contribution < 1.29 is 19.4 Å². The molecule has 1 aromatic rings. The molecule has 0 aliphatic heterocycles. The van der Waals surface area contributed by atoms with E-state index < -0.39 is 18.0 Å². The number of carboxylic acid groups (broad SMARTS) is 1. The maximum atomic E-state index is 11.6. The topological polar surface area (TPSA) is 180 Å². The van der Waals surface area contributed by atoms with Crippen molar-refractivity contribution in [3.05, 3.63) is 11.6 Å². The molecule has 1 aromatic heterocycles. The van der Waals surface area contributed by atoms with Crippen molar-refractivity contribution in [3.63, 3.8) is 0 Å². The maximum absolute atomic E-state index is 11.6. The number of carboxylic acids is 1. The molecule has 7 N–H and O–H groups in total. The van der Waals surface area contributed by atoms with Gasteiger partial charge >= 0.3 is 11.9 Å². The Balaban J connectivity index is 0.00000113. The molecule has 36 heavy (non-hydrogen) atoms. The normalized spacial score (nSPS) is 13.9. The van der Waals surface area contributed by atoms with E-state index in [2.05, 4.69) is 42.6 Å². The van der Waals surface area contributed by atoms with Crippen LogP contribution in [0.1, 0.15) is 99.3 Å². The van der Waals surface area contributed by atoms with Crippen molar-refractivity contribution in [1.29, 1.82) is 0 Å². The molecule has 1 heterocycles. The minimum absolute atomic E-state index is 0.0417. The van der Waals surface area contributed by atoms with E-state index in [-0.39, 0.29) is 17.8 Å². The average molecular weight is 509 g/mol. The Labute approximate surface area is 216 Å². The van der Waals surface area contributed by atoms with Crippen LogP contribution < -0.4 is 17.2 Å². The molecule has 1 rings (SSSR count). The number of esters is 1. The van der Waals surface area contributed by atoms with Crippen LogP contribution in [0, 0.1) is 17.8 Å². The van der Waals surface area contributed by atoms with E-state index in [1.807, 2.05) is 6.92 Å². The highest BCUT2D eigenvalue weighted by Gasteiger charge is 2.14. The molecule has 0 saturated carbocycles.